The van der Waals surface area contributed by atoms with Crippen molar-refractivity contribution >= 4 is 5.91 Å². The zero-order valence-corrected chi connectivity index (χ0v) is 12.9. The largest absolute Gasteiger partial charge is 0.336 e. The topological polar surface area (TPSA) is 60.1 Å². The van der Waals surface area contributed by atoms with Crippen LogP contribution < -0.4 is 5.56 Å². The summed E-state index contributed by atoms with van der Waals surface area (Å²) < 4.78 is 3.55. The van der Waals surface area contributed by atoms with Gasteiger partial charge in [0.1, 0.15) is 5.56 Å². The van der Waals surface area contributed by atoms with Crippen molar-refractivity contribution in [3.05, 3.63) is 52.5 Å². The quantitative estimate of drug-likeness (QED) is 0.841. The number of carbonyl (C=O) groups excluding carboxylic acids is 1. The van der Waals surface area contributed by atoms with Gasteiger partial charge in [-0.3, -0.25) is 9.59 Å². The van der Waals surface area contributed by atoms with Gasteiger partial charge in [-0.25, -0.2) is 4.98 Å². The third kappa shape index (κ3) is 2.56. The molecular weight excluding hydrogens is 280 g/mol. The summed E-state index contributed by atoms with van der Waals surface area (Å²) in [7, 11) is 1.69. The lowest BCUT2D eigenvalue weighted by molar-refractivity contribution is 0.0677. The second-order valence-corrected chi connectivity index (χ2v) is 5.81. The fourth-order valence-electron chi connectivity index (χ4n) is 2.93. The number of hydrogen-bond donors (Lipinski definition) is 0. The molecule has 0 unspecified atom stereocenters. The second-order valence-electron chi connectivity index (χ2n) is 5.81. The van der Waals surface area contributed by atoms with Crippen molar-refractivity contribution in [3.63, 3.8) is 0 Å². The van der Waals surface area contributed by atoms with Gasteiger partial charge in [-0.15, -0.1) is 0 Å². The molecule has 0 N–H and O–H groups in total. The van der Waals surface area contributed by atoms with E-state index >= 15 is 0 Å². The summed E-state index contributed by atoms with van der Waals surface area (Å²) in [6.45, 7) is 3.17. The molecule has 1 aliphatic heterocycles. The van der Waals surface area contributed by atoms with Crippen LogP contribution in [-0.4, -0.2) is 38.0 Å². The first-order valence-electron chi connectivity index (χ1n) is 7.51. The second kappa shape index (κ2) is 5.79. The Morgan fingerprint density at radius 2 is 2.18 bits per heavy atom. The molecule has 0 radical (unpaired) electrons. The van der Waals surface area contributed by atoms with Gasteiger partial charge in [0, 0.05) is 38.2 Å². The van der Waals surface area contributed by atoms with E-state index in [1.165, 1.54) is 4.57 Å². The maximum absolute atomic E-state index is 12.7. The fraction of sp³-hybridized carbons (Fsp3) is 0.438. The average molecular weight is 300 g/mol. The molecule has 116 valence electrons. The van der Waals surface area contributed by atoms with E-state index in [1.807, 2.05) is 23.8 Å². The molecule has 3 heterocycles. The molecule has 6 nitrogen and oxygen atoms in total. The molecule has 1 aliphatic rings. The fourth-order valence-corrected chi connectivity index (χ4v) is 2.93. The molecule has 0 bridgehead atoms. The van der Waals surface area contributed by atoms with Gasteiger partial charge in [-0.05, 0) is 31.9 Å². The molecule has 1 fully saturated rings. The van der Waals surface area contributed by atoms with Crippen molar-refractivity contribution < 1.29 is 4.79 Å². The van der Waals surface area contributed by atoms with Crippen LogP contribution in [0.5, 0.6) is 0 Å². The zero-order valence-electron chi connectivity index (χ0n) is 12.9. The number of piperidine rings is 1. The molecule has 6 heteroatoms. The van der Waals surface area contributed by atoms with E-state index in [4.69, 9.17) is 0 Å². The standard InChI is InChI=1S/C16H20N4O2/c1-12-5-6-14(15(21)18(12)2)16(22)19-8-3-4-13(10-19)20-9-7-17-11-20/h5-7,9,11,13H,3-4,8,10H2,1-2H3/t13-/m0/s1. The molecule has 0 spiro atoms. The normalized spacial score (nSPS) is 18.5. The molecule has 1 saturated heterocycles. The van der Waals surface area contributed by atoms with E-state index in [0.29, 0.717) is 13.1 Å². The first kappa shape index (κ1) is 14.6. The van der Waals surface area contributed by atoms with E-state index in [9.17, 15) is 9.59 Å². The molecular formula is C16H20N4O2. The number of nitrogens with zero attached hydrogens (tertiary/aromatic N) is 4. The van der Waals surface area contributed by atoms with E-state index in [2.05, 4.69) is 4.98 Å². The molecule has 0 aliphatic carbocycles. The maximum Gasteiger partial charge on any atom is 0.263 e. The Labute approximate surface area is 129 Å². The highest BCUT2D eigenvalue weighted by Crippen LogP contribution is 2.22. The number of imidazole rings is 1. The molecule has 1 amide bonds. The van der Waals surface area contributed by atoms with Crippen LogP contribution in [0.15, 0.2) is 35.6 Å². The first-order chi connectivity index (χ1) is 10.6. The third-order valence-corrected chi connectivity index (χ3v) is 4.42. The lowest BCUT2D eigenvalue weighted by atomic mass is 10.0. The number of likely N-dealkylation sites (tertiary alicyclic amines) is 1. The third-order valence-electron chi connectivity index (χ3n) is 4.42. The van der Waals surface area contributed by atoms with Gasteiger partial charge >= 0.3 is 0 Å². The first-order valence-corrected chi connectivity index (χ1v) is 7.51. The summed E-state index contributed by atoms with van der Waals surface area (Å²) in [5.74, 6) is -0.176. The maximum atomic E-state index is 12.7. The summed E-state index contributed by atoms with van der Waals surface area (Å²) >= 11 is 0. The molecule has 3 rings (SSSR count). The highest BCUT2D eigenvalue weighted by Gasteiger charge is 2.26. The van der Waals surface area contributed by atoms with Crippen LogP contribution in [0.25, 0.3) is 0 Å². The lowest BCUT2D eigenvalue weighted by Crippen LogP contribution is -2.43. The Bertz CT molecular complexity index is 733. The Kier molecular flexibility index (Phi) is 3.83. The minimum absolute atomic E-state index is 0.176. The minimum Gasteiger partial charge on any atom is -0.336 e. The number of rotatable bonds is 2. The lowest BCUT2D eigenvalue weighted by Gasteiger charge is -2.33. The summed E-state index contributed by atoms with van der Waals surface area (Å²) in [6, 6.07) is 3.68. The number of carbonyl (C=O) groups is 1. The monoisotopic (exact) mass is 300 g/mol. The van der Waals surface area contributed by atoms with Crippen LogP contribution in [0.2, 0.25) is 0 Å². The number of aryl methyl sites for hydroxylation is 1. The van der Waals surface area contributed by atoms with Crippen molar-refractivity contribution in [1.82, 2.24) is 19.0 Å². The summed E-state index contributed by atoms with van der Waals surface area (Å²) in [5.41, 5.74) is 0.866. The highest BCUT2D eigenvalue weighted by atomic mass is 16.2. The predicted molar refractivity (Wildman–Crippen MR) is 82.8 cm³/mol. The average Bonchev–Trinajstić information content (AvgIpc) is 3.07. The predicted octanol–water partition coefficient (Wildman–Crippen LogP) is 1.37. The molecule has 2 aromatic heterocycles. The van der Waals surface area contributed by atoms with Crippen LogP contribution in [-0.2, 0) is 7.05 Å². The van der Waals surface area contributed by atoms with Crippen LogP contribution in [0.1, 0.15) is 34.9 Å². The van der Waals surface area contributed by atoms with Gasteiger partial charge < -0.3 is 14.0 Å². The van der Waals surface area contributed by atoms with Crippen molar-refractivity contribution in [1.29, 1.82) is 0 Å². The van der Waals surface area contributed by atoms with Gasteiger partial charge in [0.25, 0.3) is 11.5 Å². The van der Waals surface area contributed by atoms with E-state index in [0.717, 1.165) is 18.5 Å². The number of pyridine rings is 1. The van der Waals surface area contributed by atoms with E-state index < -0.39 is 0 Å². The van der Waals surface area contributed by atoms with Crippen molar-refractivity contribution in [3.8, 4) is 0 Å². The number of aromatic nitrogens is 3. The molecule has 1 atom stereocenters. The minimum atomic E-state index is -0.227. The Balaban J connectivity index is 1.83. The SMILES string of the molecule is Cc1ccc(C(=O)N2CCC[C@H](n3ccnc3)C2)c(=O)n1C. The molecule has 2 aromatic rings. The van der Waals surface area contributed by atoms with Crippen molar-refractivity contribution in [2.24, 2.45) is 7.05 Å². The van der Waals surface area contributed by atoms with Crippen LogP contribution in [0.4, 0.5) is 0 Å². The molecule has 0 saturated carbocycles. The number of amides is 1. The summed E-state index contributed by atoms with van der Waals surface area (Å²) in [5, 5.41) is 0. The van der Waals surface area contributed by atoms with E-state index in [-0.39, 0.29) is 23.1 Å². The van der Waals surface area contributed by atoms with Crippen molar-refractivity contribution in [2.75, 3.05) is 13.1 Å². The smallest absolute Gasteiger partial charge is 0.263 e. The van der Waals surface area contributed by atoms with Gasteiger partial charge in [-0.2, -0.15) is 0 Å². The van der Waals surface area contributed by atoms with E-state index in [1.54, 1.807) is 30.5 Å². The highest BCUT2D eigenvalue weighted by molar-refractivity contribution is 5.94. The summed E-state index contributed by atoms with van der Waals surface area (Å²) in [4.78, 5) is 30.8. The Morgan fingerprint density at radius 3 is 2.91 bits per heavy atom. The van der Waals surface area contributed by atoms with Crippen LogP contribution >= 0.6 is 0 Å². The Morgan fingerprint density at radius 1 is 1.36 bits per heavy atom. The van der Waals surface area contributed by atoms with Gasteiger partial charge in [0.05, 0.1) is 12.4 Å². The van der Waals surface area contributed by atoms with Crippen molar-refractivity contribution in [2.45, 2.75) is 25.8 Å². The van der Waals surface area contributed by atoms with Gasteiger partial charge in [0.15, 0.2) is 0 Å². The van der Waals surface area contributed by atoms with Gasteiger partial charge in [-0.1, -0.05) is 0 Å². The number of hydrogen-bond acceptors (Lipinski definition) is 3. The Hall–Kier alpha value is -2.37. The zero-order chi connectivity index (χ0) is 15.7. The summed E-state index contributed by atoms with van der Waals surface area (Å²) in [6.07, 6.45) is 7.40. The van der Waals surface area contributed by atoms with Crippen LogP contribution in [0, 0.1) is 6.92 Å². The van der Waals surface area contributed by atoms with Crippen LogP contribution in [0.3, 0.4) is 0 Å². The molecule has 22 heavy (non-hydrogen) atoms. The molecule has 0 aromatic carbocycles. The van der Waals surface area contributed by atoms with Gasteiger partial charge in [0.2, 0.25) is 0 Å².